The second kappa shape index (κ2) is 14.8. The van der Waals surface area contributed by atoms with E-state index in [1.54, 1.807) is 0 Å². The van der Waals surface area contributed by atoms with E-state index in [0.29, 0.717) is 0 Å². The molecule has 0 aliphatic rings. The van der Waals surface area contributed by atoms with Crippen LogP contribution in [-0.2, 0) is 0 Å². The second-order valence-corrected chi connectivity index (χ2v) is 16.1. The first-order valence-corrected chi connectivity index (χ1v) is 21.3. The predicted octanol–water partition coefficient (Wildman–Crippen LogP) is 16.7. The monoisotopic (exact) mass is 788 g/mol. The summed E-state index contributed by atoms with van der Waals surface area (Å²) in [5.74, 6) is 0. The second-order valence-electron chi connectivity index (χ2n) is 16.1. The van der Waals surface area contributed by atoms with Crippen LogP contribution in [0, 0.1) is 0 Å². The van der Waals surface area contributed by atoms with Crippen molar-refractivity contribution in [3.05, 3.63) is 243 Å². The van der Waals surface area contributed by atoms with Crippen LogP contribution < -0.4 is 4.90 Å². The zero-order valence-electron chi connectivity index (χ0n) is 34.0. The van der Waals surface area contributed by atoms with E-state index in [2.05, 4.69) is 252 Å². The van der Waals surface area contributed by atoms with Crippen LogP contribution in [0.4, 0.5) is 17.1 Å². The number of anilines is 3. The number of para-hydroxylation sites is 3. The third-order valence-corrected chi connectivity index (χ3v) is 12.6. The fourth-order valence-electron chi connectivity index (χ4n) is 9.76. The van der Waals surface area contributed by atoms with Gasteiger partial charge in [0.1, 0.15) is 0 Å². The van der Waals surface area contributed by atoms with E-state index >= 15 is 0 Å². The molecule has 0 aliphatic carbocycles. The van der Waals surface area contributed by atoms with Crippen LogP contribution in [-0.4, -0.2) is 4.57 Å². The van der Waals surface area contributed by atoms with Gasteiger partial charge >= 0.3 is 0 Å². The van der Waals surface area contributed by atoms with Gasteiger partial charge < -0.3 is 9.47 Å². The van der Waals surface area contributed by atoms with Gasteiger partial charge in [0, 0.05) is 33.3 Å². The van der Waals surface area contributed by atoms with Gasteiger partial charge in [-0.1, -0.05) is 188 Å². The molecule has 0 radical (unpaired) electrons. The van der Waals surface area contributed by atoms with E-state index in [0.717, 1.165) is 33.9 Å². The largest absolute Gasteiger partial charge is 0.310 e. The van der Waals surface area contributed by atoms with E-state index < -0.39 is 0 Å². The maximum Gasteiger partial charge on any atom is 0.0541 e. The molecule has 62 heavy (non-hydrogen) atoms. The summed E-state index contributed by atoms with van der Waals surface area (Å²) in [6, 6.07) is 88.6. The molecule has 0 bridgehead atoms. The SMILES string of the molecule is c1ccc(-c2ccc(-n3c4ccccc4c4ccccc43)c(-c3cccc(N(c4ccc5c6ccccc6c6ccccc6c5c4)c4ccccc4-c4ccccc4)c3)c2)cc1. The van der Waals surface area contributed by atoms with Crippen LogP contribution in [0.15, 0.2) is 243 Å². The third-order valence-electron chi connectivity index (χ3n) is 12.6. The Morgan fingerprint density at radius 2 is 0.758 bits per heavy atom. The van der Waals surface area contributed by atoms with Gasteiger partial charge in [-0.3, -0.25) is 0 Å². The van der Waals surface area contributed by atoms with Gasteiger partial charge in [-0.25, -0.2) is 0 Å². The van der Waals surface area contributed by atoms with Crippen LogP contribution in [0.3, 0.4) is 0 Å². The van der Waals surface area contributed by atoms with Crippen molar-refractivity contribution in [2.45, 2.75) is 0 Å². The van der Waals surface area contributed by atoms with E-state index in [1.165, 1.54) is 76.4 Å². The van der Waals surface area contributed by atoms with Gasteiger partial charge in [-0.2, -0.15) is 0 Å². The minimum absolute atomic E-state index is 1.08. The molecular formula is C60H40N2. The normalized spacial score (nSPS) is 11.5. The summed E-state index contributed by atoms with van der Waals surface area (Å²) < 4.78 is 2.45. The van der Waals surface area contributed by atoms with Gasteiger partial charge in [-0.05, 0) is 109 Å². The average Bonchev–Trinajstić information content (AvgIpc) is 3.69. The number of fused-ring (bicyclic) bond motifs is 9. The Hall–Kier alpha value is -8.20. The Morgan fingerprint density at radius 1 is 0.258 bits per heavy atom. The molecule has 0 aliphatic heterocycles. The van der Waals surface area contributed by atoms with Crippen molar-refractivity contribution in [1.82, 2.24) is 4.57 Å². The molecule has 0 N–H and O–H groups in total. The first kappa shape index (κ1) is 35.7. The van der Waals surface area contributed by atoms with Crippen molar-refractivity contribution in [3.8, 4) is 39.1 Å². The molecule has 0 fully saturated rings. The van der Waals surface area contributed by atoms with E-state index in [4.69, 9.17) is 0 Å². The molecule has 12 rings (SSSR count). The summed E-state index contributed by atoms with van der Waals surface area (Å²) >= 11 is 0. The maximum atomic E-state index is 2.45. The lowest BCUT2D eigenvalue weighted by Gasteiger charge is -2.29. The van der Waals surface area contributed by atoms with E-state index in [9.17, 15) is 0 Å². The number of hydrogen-bond acceptors (Lipinski definition) is 1. The van der Waals surface area contributed by atoms with Crippen molar-refractivity contribution in [2.75, 3.05) is 4.90 Å². The molecular weight excluding hydrogens is 749 g/mol. The average molecular weight is 789 g/mol. The summed E-state index contributed by atoms with van der Waals surface area (Å²) in [7, 11) is 0. The highest BCUT2D eigenvalue weighted by molar-refractivity contribution is 6.26. The lowest BCUT2D eigenvalue weighted by Crippen LogP contribution is -2.11. The Bertz CT molecular complexity index is 3550. The molecule has 0 spiro atoms. The zero-order chi connectivity index (χ0) is 41.0. The molecule has 2 heteroatoms. The minimum atomic E-state index is 1.08. The van der Waals surface area contributed by atoms with E-state index in [1.807, 2.05) is 0 Å². The van der Waals surface area contributed by atoms with E-state index in [-0.39, 0.29) is 0 Å². The molecule has 0 amide bonds. The van der Waals surface area contributed by atoms with Crippen LogP contribution in [0.2, 0.25) is 0 Å². The molecule has 290 valence electrons. The third kappa shape index (κ3) is 5.88. The number of nitrogens with zero attached hydrogens (tertiary/aromatic N) is 2. The summed E-state index contributed by atoms with van der Waals surface area (Å²) in [6.07, 6.45) is 0. The molecule has 2 nitrogen and oxygen atoms in total. The summed E-state index contributed by atoms with van der Waals surface area (Å²) in [5.41, 5.74) is 13.8. The summed E-state index contributed by atoms with van der Waals surface area (Å²) in [4.78, 5) is 2.45. The topological polar surface area (TPSA) is 8.17 Å². The predicted molar refractivity (Wildman–Crippen MR) is 264 cm³/mol. The number of benzene rings is 11. The van der Waals surface area contributed by atoms with Gasteiger partial charge in [0.05, 0.1) is 22.4 Å². The van der Waals surface area contributed by atoms with Crippen molar-refractivity contribution < 1.29 is 0 Å². The molecule has 12 aromatic rings. The fraction of sp³-hybridized carbons (Fsp3) is 0. The Balaban J connectivity index is 1.12. The first-order chi connectivity index (χ1) is 30.8. The van der Waals surface area contributed by atoms with Crippen molar-refractivity contribution >= 4 is 71.2 Å². The van der Waals surface area contributed by atoms with Crippen LogP contribution in [0.25, 0.3) is 93.2 Å². The van der Waals surface area contributed by atoms with Crippen molar-refractivity contribution in [1.29, 1.82) is 0 Å². The molecule has 0 saturated carbocycles. The molecule has 0 atom stereocenters. The van der Waals surface area contributed by atoms with Gasteiger partial charge in [0.15, 0.2) is 0 Å². The molecule has 0 unspecified atom stereocenters. The lowest BCUT2D eigenvalue weighted by molar-refractivity contribution is 1.18. The quantitative estimate of drug-likeness (QED) is 0.146. The minimum Gasteiger partial charge on any atom is -0.310 e. The van der Waals surface area contributed by atoms with Crippen LogP contribution in [0.5, 0.6) is 0 Å². The number of aromatic nitrogens is 1. The Morgan fingerprint density at radius 3 is 1.42 bits per heavy atom. The zero-order valence-corrected chi connectivity index (χ0v) is 34.0. The Kier molecular flexibility index (Phi) is 8.53. The lowest BCUT2D eigenvalue weighted by atomic mass is 9.93. The van der Waals surface area contributed by atoms with Gasteiger partial charge in [0.25, 0.3) is 0 Å². The molecule has 1 aromatic heterocycles. The fourth-order valence-corrected chi connectivity index (χ4v) is 9.76. The van der Waals surface area contributed by atoms with Crippen molar-refractivity contribution in [2.24, 2.45) is 0 Å². The van der Waals surface area contributed by atoms with Gasteiger partial charge in [-0.15, -0.1) is 0 Å². The maximum absolute atomic E-state index is 2.45. The van der Waals surface area contributed by atoms with Gasteiger partial charge in [0.2, 0.25) is 0 Å². The highest BCUT2D eigenvalue weighted by Crippen LogP contribution is 2.46. The smallest absolute Gasteiger partial charge is 0.0541 e. The molecule has 1 heterocycles. The Labute approximate surface area is 360 Å². The standard InChI is InChI=1S/C60H40N2/c1-3-18-41(19-4-1)43-34-37-60(62-58-32-15-12-29-53(58)54-30-13-16-33-59(54)62)55(39-43)44-22-17-23-45(38-44)61(57-31-14-11-24-47(57)42-20-5-2-6-21-42)46-35-36-52-50-27-8-7-25-48(50)49-26-9-10-28-51(49)56(52)40-46/h1-40H. The van der Waals surface area contributed by atoms with Crippen molar-refractivity contribution in [3.63, 3.8) is 0 Å². The molecule has 0 saturated heterocycles. The van der Waals surface area contributed by atoms with Crippen LogP contribution in [0.1, 0.15) is 0 Å². The highest BCUT2D eigenvalue weighted by atomic mass is 15.1. The molecule has 11 aromatic carbocycles. The highest BCUT2D eigenvalue weighted by Gasteiger charge is 2.21. The van der Waals surface area contributed by atoms with Crippen LogP contribution >= 0.6 is 0 Å². The summed E-state index contributed by atoms with van der Waals surface area (Å²) in [6.45, 7) is 0. The number of hydrogen-bond donors (Lipinski definition) is 0. The number of rotatable bonds is 7. The summed E-state index contributed by atoms with van der Waals surface area (Å²) in [5, 5.41) is 10.0. The first-order valence-electron chi connectivity index (χ1n) is 21.3.